The molecule has 0 unspecified atom stereocenters. The van der Waals surface area contributed by atoms with Crippen molar-refractivity contribution >= 4 is 27.7 Å². The van der Waals surface area contributed by atoms with Gasteiger partial charge in [0.15, 0.2) is 0 Å². The van der Waals surface area contributed by atoms with E-state index in [1.807, 2.05) is 19.9 Å². The van der Waals surface area contributed by atoms with E-state index in [1.54, 1.807) is 0 Å². The molecule has 5 rings (SSSR count). The molecule has 0 atom stereocenters. The molecule has 1 aliphatic carbocycles. The molecule has 1 aliphatic rings. The van der Waals surface area contributed by atoms with E-state index in [0.29, 0.717) is 11.5 Å². The molecule has 29 heavy (non-hydrogen) atoms. The van der Waals surface area contributed by atoms with Crippen LogP contribution in [0, 0.1) is 19.8 Å². The van der Waals surface area contributed by atoms with E-state index in [1.165, 1.54) is 23.9 Å². The van der Waals surface area contributed by atoms with Gasteiger partial charge in [-0.1, -0.05) is 24.2 Å². The lowest BCUT2D eigenvalue weighted by molar-refractivity contribution is 0.100. The molecule has 0 radical (unpaired) electrons. The molecule has 4 aromatic rings. The number of nitrogens with zero attached hydrogens (tertiary/aromatic N) is 2. The molecule has 0 saturated heterocycles. The first-order chi connectivity index (χ1) is 14.0. The summed E-state index contributed by atoms with van der Waals surface area (Å²) in [6, 6.07) is 10.7. The number of carbonyl (C=O) groups is 1. The van der Waals surface area contributed by atoms with Crippen molar-refractivity contribution in [3.05, 3.63) is 52.9 Å². The van der Waals surface area contributed by atoms with Crippen molar-refractivity contribution in [2.45, 2.75) is 46.6 Å². The average molecular weight is 387 g/mol. The molecule has 0 spiro atoms. The third kappa shape index (κ3) is 2.84. The first kappa shape index (κ1) is 18.0. The second-order valence-electron chi connectivity index (χ2n) is 8.24. The number of hydrogen-bond donors (Lipinski definition) is 1. The van der Waals surface area contributed by atoms with Crippen LogP contribution in [0.25, 0.3) is 32.9 Å². The van der Waals surface area contributed by atoms with E-state index < -0.39 is 5.91 Å². The van der Waals surface area contributed by atoms with Crippen LogP contribution >= 0.6 is 0 Å². The Balaban J connectivity index is 1.89. The van der Waals surface area contributed by atoms with Gasteiger partial charge in [-0.3, -0.25) is 4.79 Å². The van der Waals surface area contributed by atoms with E-state index in [4.69, 9.17) is 10.3 Å². The standard InChI is InChI=1S/C24H25N3O2/c1-4-15-7-8-18-19-10-17(22-13(2)26-29-14(22)3)11-20(24(25)28)23(19)27(21(18)9-15)12-16-5-6-16/h7-11,16H,4-6,12H2,1-3H3,(H2,25,28). The van der Waals surface area contributed by atoms with Crippen LogP contribution in [-0.4, -0.2) is 15.6 Å². The van der Waals surface area contributed by atoms with Gasteiger partial charge in [0.1, 0.15) is 5.76 Å². The fourth-order valence-corrected chi connectivity index (χ4v) is 4.47. The minimum atomic E-state index is -0.404. The first-order valence-electron chi connectivity index (χ1n) is 10.3. The zero-order chi connectivity index (χ0) is 20.3. The molecule has 148 valence electrons. The van der Waals surface area contributed by atoms with E-state index in [2.05, 4.69) is 40.9 Å². The van der Waals surface area contributed by atoms with E-state index in [-0.39, 0.29) is 0 Å². The van der Waals surface area contributed by atoms with Gasteiger partial charge in [0.05, 0.1) is 16.8 Å². The third-order valence-corrected chi connectivity index (χ3v) is 6.16. The maximum atomic E-state index is 12.5. The number of benzene rings is 2. The SMILES string of the molecule is CCc1ccc2c3cc(-c4c(C)noc4C)cc(C(N)=O)c3n(CC3CC3)c2c1. The zero-order valence-electron chi connectivity index (χ0n) is 17.1. The van der Waals surface area contributed by atoms with Crippen LogP contribution in [0.3, 0.4) is 0 Å². The number of aromatic nitrogens is 2. The quantitative estimate of drug-likeness (QED) is 0.515. The van der Waals surface area contributed by atoms with Crippen molar-refractivity contribution in [2.24, 2.45) is 11.7 Å². The lowest BCUT2D eigenvalue weighted by Gasteiger charge is -2.11. The molecule has 1 amide bonds. The highest BCUT2D eigenvalue weighted by Crippen LogP contribution is 2.40. The Morgan fingerprint density at radius 3 is 2.62 bits per heavy atom. The largest absolute Gasteiger partial charge is 0.366 e. The van der Waals surface area contributed by atoms with Gasteiger partial charge in [-0.25, -0.2) is 0 Å². The smallest absolute Gasteiger partial charge is 0.250 e. The number of nitrogens with two attached hydrogens (primary N) is 1. The summed E-state index contributed by atoms with van der Waals surface area (Å²) >= 11 is 0. The van der Waals surface area contributed by atoms with Crippen LogP contribution in [-0.2, 0) is 13.0 Å². The summed E-state index contributed by atoms with van der Waals surface area (Å²) in [6.07, 6.45) is 3.48. The molecule has 5 nitrogen and oxygen atoms in total. The van der Waals surface area contributed by atoms with Crippen LogP contribution < -0.4 is 5.73 Å². The summed E-state index contributed by atoms with van der Waals surface area (Å²) in [7, 11) is 0. The Bertz CT molecular complexity index is 1260. The van der Waals surface area contributed by atoms with Gasteiger partial charge < -0.3 is 14.8 Å². The minimum Gasteiger partial charge on any atom is -0.366 e. The topological polar surface area (TPSA) is 74.1 Å². The highest BCUT2D eigenvalue weighted by molar-refractivity contribution is 6.17. The summed E-state index contributed by atoms with van der Waals surface area (Å²) in [6.45, 7) is 6.91. The maximum absolute atomic E-state index is 12.5. The van der Waals surface area contributed by atoms with E-state index in [0.717, 1.165) is 51.8 Å². The molecule has 1 saturated carbocycles. The molecule has 1 fully saturated rings. The van der Waals surface area contributed by atoms with Crippen molar-refractivity contribution in [3.63, 3.8) is 0 Å². The molecule has 2 aromatic heterocycles. The van der Waals surface area contributed by atoms with Gasteiger partial charge >= 0.3 is 0 Å². The lowest BCUT2D eigenvalue weighted by atomic mass is 9.97. The van der Waals surface area contributed by atoms with Crippen molar-refractivity contribution in [3.8, 4) is 11.1 Å². The van der Waals surface area contributed by atoms with Gasteiger partial charge in [0.25, 0.3) is 5.91 Å². The molecule has 0 aliphatic heterocycles. The molecule has 5 heteroatoms. The van der Waals surface area contributed by atoms with Crippen LogP contribution in [0.4, 0.5) is 0 Å². The molecular formula is C24H25N3O2. The fourth-order valence-electron chi connectivity index (χ4n) is 4.47. The molecule has 0 bridgehead atoms. The second kappa shape index (κ2) is 6.48. The van der Waals surface area contributed by atoms with Crippen molar-refractivity contribution in [1.82, 2.24) is 9.72 Å². The summed E-state index contributed by atoms with van der Waals surface area (Å²) in [4.78, 5) is 12.5. The Morgan fingerprint density at radius 2 is 2.00 bits per heavy atom. The lowest BCUT2D eigenvalue weighted by Crippen LogP contribution is -2.14. The summed E-state index contributed by atoms with van der Waals surface area (Å²) in [5.41, 5.74) is 12.5. The van der Waals surface area contributed by atoms with E-state index in [9.17, 15) is 4.79 Å². The number of fused-ring (bicyclic) bond motifs is 3. The summed E-state index contributed by atoms with van der Waals surface area (Å²) < 4.78 is 7.69. The summed E-state index contributed by atoms with van der Waals surface area (Å²) in [5, 5.41) is 6.31. The Kier molecular flexibility index (Phi) is 4.02. The third-order valence-electron chi connectivity index (χ3n) is 6.16. The minimum absolute atomic E-state index is 0.404. The highest BCUT2D eigenvalue weighted by Gasteiger charge is 2.26. The normalized spacial score (nSPS) is 14.2. The first-order valence-corrected chi connectivity index (χ1v) is 10.3. The van der Waals surface area contributed by atoms with Crippen molar-refractivity contribution in [2.75, 3.05) is 0 Å². The van der Waals surface area contributed by atoms with Crippen LogP contribution in [0.2, 0.25) is 0 Å². The van der Waals surface area contributed by atoms with Crippen LogP contribution in [0.15, 0.2) is 34.9 Å². The van der Waals surface area contributed by atoms with Gasteiger partial charge in [-0.2, -0.15) is 0 Å². The van der Waals surface area contributed by atoms with Crippen molar-refractivity contribution < 1.29 is 9.32 Å². The number of aryl methyl sites for hydroxylation is 3. The zero-order valence-corrected chi connectivity index (χ0v) is 17.1. The number of hydrogen-bond acceptors (Lipinski definition) is 3. The number of rotatable bonds is 5. The monoisotopic (exact) mass is 387 g/mol. The van der Waals surface area contributed by atoms with E-state index >= 15 is 0 Å². The number of carbonyl (C=O) groups excluding carboxylic acids is 1. The molecule has 2 aromatic carbocycles. The maximum Gasteiger partial charge on any atom is 0.250 e. The molecule has 2 N–H and O–H groups in total. The van der Waals surface area contributed by atoms with Crippen LogP contribution in [0.5, 0.6) is 0 Å². The molecular weight excluding hydrogens is 362 g/mol. The van der Waals surface area contributed by atoms with Gasteiger partial charge in [-0.05, 0) is 68.4 Å². The van der Waals surface area contributed by atoms with Crippen LogP contribution in [0.1, 0.15) is 47.1 Å². The fraction of sp³-hybridized carbons (Fsp3) is 0.333. The Morgan fingerprint density at radius 1 is 1.21 bits per heavy atom. The number of primary amides is 1. The predicted octanol–water partition coefficient (Wildman–Crippen LogP) is 5.14. The highest BCUT2D eigenvalue weighted by atomic mass is 16.5. The summed E-state index contributed by atoms with van der Waals surface area (Å²) in [5.74, 6) is 1.02. The van der Waals surface area contributed by atoms with Gasteiger partial charge in [0.2, 0.25) is 0 Å². The molecule has 2 heterocycles. The average Bonchev–Trinajstić information content (AvgIpc) is 3.40. The Hall–Kier alpha value is -3.08. The van der Waals surface area contributed by atoms with Gasteiger partial charge in [0, 0.05) is 28.4 Å². The Labute approximate surface area is 169 Å². The van der Waals surface area contributed by atoms with Gasteiger partial charge in [-0.15, -0.1) is 0 Å². The number of amides is 1. The van der Waals surface area contributed by atoms with Crippen molar-refractivity contribution in [1.29, 1.82) is 0 Å². The second-order valence-corrected chi connectivity index (χ2v) is 8.24. The predicted molar refractivity (Wildman–Crippen MR) is 115 cm³/mol.